The molecule has 2 aromatic rings. The summed E-state index contributed by atoms with van der Waals surface area (Å²) in [6.45, 7) is 3.62. The monoisotopic (exact) mass is 177 g/mol. The van der Waals surface area contributed by atoms with Gasteiger partial charge in [-0.2, -0.15) is 0 Å². The largest absolute Gasteiger partial charge is 0.389 e. The van der Waals surface area contributed by atoms with Crippen LogP contribution in [0.2, 0.25) is 0 Å². The number of fused-ring (bicyclic) bond motifs is 1. The number of hydrogen-bond acceptors (Lipinski definition) is 3. The van der Waals surface area contributed by atoms with Crippen molar-refractivity contribution in [1.29, 1.82) is 0 Å². The molecule has 3 heteroatoms. The zero-order valence-electron chi connectivity index (χ0n) is 7.61. The molecule has 0 spiro atoms. The second-order valence-corrected chi connectivity index (χ2v) is 3.20. The number of aromatic nitrogens is 1. The van der Waals surface area contributed by atoms with Crippen molar-refractivity contribution in [3.63, 3.8) is 0 Å². The molecule has 0 saturated heterocycles. The summed E-state index contributed by atoms with van der Waals surface area (Å²) < 4.78 is 5.08. The van der Waals surface area contributed by atoms with E-state index in [1.807, 2.05) is 25.1 Å². The molecule has 1 aromatic heterocycles. The number of aliphatic hydroxyl groups excluding tert-OH is 1. The van der Waals surface area contributed by atoms with Crippen LogP contribution in [0.4, 0.5) is 0 Å². The summed E-state index contributed by atoms with van der Waals surface area (Å²) in [5.74, 6) is 0. The van der Waals surface area contributed by atoms with E-state index in [0.29, 0.717) is 0 Å². The molecule has 0 aliphatic rings. The van der Waals surface area contributed by atoms with E-state index in [0.717, 1.165) is 22.2 Å². The molecule has 1 N–H and O–H groups in total. The highest BCUT2D eigenvalue weighted by Crippen LogP contribution is 2.22. The minimum absolute atomic E-state index is 0.463. The van der Waals surface area contributed by atoms with Crippen molar-refractivity contribution in [2.75, 3.05) is 0 Å². The Kier molecular flexibility index (Phi) is 1.81. The summed E-state index contributed by atoms with van der Waals surface area (Å²) in [6.07, 6.45) is -0.463. The summed E-state index contributed by atoms with van der Waals surface area (Å²) in [6, 6.07) is 5.63. The van der Waals surface area contributed by atoms with E-state index in [2.05, 4.69) is 5.16 Å². The van der Waals surface area contributed by atoms with Gasteiger partial charge >= 0.3 is 0 Å². The first-order chi connectivity index (χ1) is 6.18. The van der Waals surface area contributed by atoms with Gasteiger partial charge < -0.3 is 9.63 Å². The third-order valence-corrected chi connectivity index (χ3v) is 2.16. The van der Waals surface area contributed by atoms with E-state index >= 15 is 0 Å². The molecule has 0 radical (unpaired) electrons. The van der Waals surface area contributed by atoms with Gasteiger partial charge in [-0.05, 0) is 31.5 Å². The average molecular weight is 177 g/mol. The predicted octanol–water partition coefficient (Wildman–Crippen LogP) is 2.19. The number of nitrogens with zero attached hydrogens (tertiary/aromatic N) is 1. The van der Waals surface area contributed by atoms with Crippen LogP contribution in [0, 0.1) is 6.92 Å². The number of aryl methyl sites for hydroxylation is 1. The topological polar surface area (TPSA) is 46.3 Å². The summed E-state index contributed by atoms with van der Waals surface area (Å²) in [7, 11) is 0. The van der Waals surface area contributed by atoms with Gasteiger partial charge in [0.2, 0.25) is 0 Å². The molecule has 1 unspecified atom stereocenters. The molecule has 0 aliphatic carbocycles. The van der Waals surface area contributed by atoms with Crippen LogP contribution in [0.3, 0.4) is 0 Å². The first kappa shape index (κ1) is 8.26. The van der Waals surface area contributed by atoms with Crippen molar-refractivity contribution < 1.29 is 9.63 Å². The van der Waals surface area contributed by atoms with E-state index in [-0.39, 0.29) is 0 Å². The summed E-state index contributed by atoms with van der Waals surface area (Å²) in [5.41, 5.74) is 2.46. The van der Waals surface area contributed by atoms with E-state index in [1.165, 1.54) is 0 Å². The minimum atomic E-state index is -0.463. The molecule has 0 bridgehead atoms. The molecule has 0 saturated carbocycles. The average Bonchev–Trinajstić information content (AvgIpc) is 2.47. The van der Waals surface area contributed by atoms with Gasteiger partial charge in [0.1, 0.15) is 0 Å². The summed E-state index contributed by atoms with van der Waals surface area (Å²) in [4.78, 5) is 0. The van der Waals surface area contributed by atoms with Crippen molar-refractivity contribution >= 4 is 11.0 Å². The second-order valence-electron chi connectivity index (χ2n) is 3.20. The van der Waals surface area contributed by atoms with Gasteiger partial charge in [0.25, 0.3) is 0 Å². The van der Waals surface area contributed by atoms with E-state index in [4.69, 9.17) is 4.52 Å². The lowest BCUT2D eigenvalue weighted by molar-refractivity contribution is 0.199. The van der Waals surface area contributed by atoms with Crippen molar-refractivity contribution in [2.45, 2.75) is 20.0 Å². The Morgan fingerprint density at radius 3 is 2.92 bits per heavy atom. The first-order valence-corrected chi connectivity index (χ1v) is 4.22. The maximum absolute atomic E-state index is 9.33. The Bertz CT molecular complexity index is 431. The molecule has 1 heterocycles. The predicted molar refractivity (Wildman–Crippen MR) is 49.4 cm³/mol. The van der Waals surface area contributed by atoms with Crippen LogP contribution in [0.1, 0.15) is 24.3 Å². The lowest BCUT2D eigenvalue weighted by atomic mass is 10.1. The maximum Gasteiger partial charge on any atom is 0.167 e. The van der Waals surface area contributed by atoms with Crippen LogP contribution in [0.25, 0.3) is 11.0 Å². The molecule has 2 rings (SSSR count). The molecule has 3 nitrogen and oxygen atoms in total. The Morgan fingerprint density at radius 2 is 2.23 bits per heavy atom. The third kappa shape index (κ3) is 1.31. The smallest absolute Gasteiger partial charge is 0.167 e. The van der Waals surface area contributed by atoms with Crippen molar-refractivity contribution in [1.82, 2.24) is 5.16 Å². The normalized spacial score (nSPS) is 13.5. The van der Waals surface area contributed by atoms with Crippen molar-refractivity contribution in [2.24, 2.45) is 0 Å². The third-order valence-electron chi connectivity index (χ3n) is 2.16. The Morgan fingerprint density at radius 1 is 1.46 bits per heavy atom. The van der Waals surface area contributed by atoms with E-state index < -0.39 is 6.10 Å². The van der Waals surface area contributed by atoms with Gasteiger partial charge in [0, 0.05) is 5.39 Å². The van der Waals surface area contributed by atoms with Crippen LogP contribution in [0.15, 0.2) is 22.7 Å². The standard InChI is InChI=1S/C10H11NO2/c1-6-9-4-3-8(7(2)12)5-10(9)13-11-6/h3-5,7,12H,1-2H3. The fourth-order valence-corrected chi connectivity index (χ4v) is 1.34. The maximum atomic E-state index is 9.33. The number of aliphatic hydroxyl groups is 1. The van der Waals surface area contributed by atoms with Gasteiger partial charge in [-0.1, -0.05) is 11.2 Å². The summed E-state index contributed by atoms with van der Waals surface area (Å²) in [5, 5.41) is 14.2. The molecule has 0 aliphatic heterocycles. The number of benzene rings is 1. The van der Waals surface area contributed by atoms with E-state index in [9.17, 15) is 5.11 Å². The molecule has 68 valence electrons. The highest BCUT2D eigenvalue weighted by Gasteiger charge is 2.06. The molecule has 0 fully saturated rings. The van der Waals surface area contributed by atoms with Gasteiger partial charge in [0.15, 0.2) is 5.58 Å². The molecule has 0 amide bonds. The van der Waals surface area contributed by atoms with Gasteiger partial charge in [-0.3, -0.25) is 0 Å². The van der Waals surface area contributed by atoms with Crippen LogP contribution in [-0.4, -0.2) is 10.3 Å². The van der Waals surface area contributed by atoms with E-state index in [1.54, 1.807) is 6.92 Å². The highest BCUT2D eigenvalue weighted by molar-refractivity contribution is 5.79. The van der Waals surface area contributed by atoms with Gasteiger partial charge in [0.05, 0.1) is 11.8 Å². The lowest BCUT2D eigenvalue weighted by Crippen LogP contribution is -1.89. The van der Waals surface area contributed by atoms with Crippen LogP contribution in [-0.2, 0) is 0 Å². The Hall–Kier alpha value is -1.35. The second kappa shape index (κ2) is 2.85. The number of rotatable bonds is 1. The van der Waals surface area contributed by atoms with Crippen molar-refractivity contribution in [3.05, 3.63) is 29.5 Å². The van der Waals surface area contributed by atoms with Crippen LogP contribution in [0.5, 0.6) is 0 Å². The first-order valence-electron chi connectivity index (χ1n) is 4.22. The molecular weight excluding hydrogens is 166 g/mol. The molecule has 13 heavy (non-hydrogen) atoms. The lowest BCUT2D eigenvalue weighted by Gasteiger charge is -2.02. The van der Waals surface area contributed by atoms with Crippen molar-refractivity contribution in [3.8, 4) is 0 Å². The summed E-state index contributed by atoms with van der Waals surface area (Å²) >= 11 is 0. The zero-order chi connectivity index (χ0) is 9.42. The molecule has 1 atom stereocenters. The Labute approximate surface area is 76.0 Å². The highest BCUT2D eigenvalue weighted by atomic mass is 16.5. The quantitative estimate of drug-likeness (QED) is 0.726. The van der Waals surface area contributed by atoms with Gasteiger partial charge in [-0.25, -0.2) is 0 Å². The zero-order valence-corrected chi connectivity index (χ0v) is 7.61. The SMILES string of the molecule is Cc1noc2cc(C(C)O)ccc12. The fourth-order valence-electron chi connectivity index (χ4n) is 1.34. The van der Waals surface area contributed by atoms with Crippen LogP contribution < -0.4 is 0 Å². The van der Waals surface area contributed by atoms with Gasteiger partial charge in [-0.15, -0.1) is 0 Å². The number of hydrogen-bond donors (Lipinski definition) is 1. The van der Waals surface area contributed by atoms with Crippen LogP contribution >= 0.6 is 0 Å². The fraction of sp³-hybridized carbons (Fsp3) is 0.300. The molecular formula is C10H11NO2. The Balaban J connectivity index is 2.63. The minimum Gasteiger partial charge on any atom is -0.389 e. The molecule has 1 aromatic carbocycles.